The summed E-state index contributed by atoms with van der Waals surface area (Å²) < 4.78 is 10.1. The SMILES string of the molecule is COc1c2ccc(C(=O)NCCn3nc(-c4cccnc4)n(C4CC4)c3=O)cc2nn1C. The van der Waals surface area contributed by atoms with E-state index in [0.29, 0.717) is 22.8 Å². The molecule has 0 bridgehead atoms. The fourth-order valence-electron chi connectivity index (χ4n) is 3.86. The highest BCUT2D eigenvalue weighted by Gasteiger charge is 2.30. The normalized spacial score (nSPS) is 13.4. The van der Waals surface area contributed by atoms with E-state index in [0.717, 1.165) is 23.8 Å². The van der Waals surface area contributed by atoms with Crippen LogP contribution in [-0.4, -0.2) is 48.7 Å². The Kier molecular flexibility index (Phi) is 4.96. The van der Waals surface area contributed by atoms with Crippen LogP contribution in [0.3, 0.4) is 0 Å². The largest absolute Gasteiger partial charge is 0.481 e. The van der Waals surface area contributed by atoms with Gasteiger partial charge in [-0.15, -0.1) is 5.10 Å². The first-order chi connectivity index (χ1) is 15.6. The smallest absolute Gasteiger partial charge is 0.346 e. The number of hydrogen-bond acceptors (Lipinski definition) is 6. The zero-order valence-corrected chi connectivity index (χ0v) is 17.9. The minimum Gasteiger partial charge on any atom is -0.481 e. The summed E-state index contributed by atoms with van der Waals surface area (Å²) in [6, 6.07) is 9.17. The second kappa shape index (κ2) is 7.95. The first kappa shape index (κ1) is 20.0. The summed E-state index contributed by atoms with van der Waals surface area (Å²) in [5.74, 6) is 1.02. The second-order valence-electron chi connectivity index (χ2n) is 7.79. The average Bonchev–Trinajstić information content (AvgIpc) is 3.51. The molecule has 0 unspecified atom stereocenters. The van der Waals surface area contributed by atoms with Crippen molar-refractivity contribution in [1.29, 1.82) is 0 Å². The number of carbonyl (C=O) groups excluding carboxylic acids is 1. The van der Waals surface area contributed by atoms with E-state index in [1.807, 2.05) is 18.2 Å². The number of benzene rings is 1. The molecule has 0 saturated heterocycles. The molecule has 10 heteroatoms. The molecule has 1 amide bonds. The van der Waals surface area contributed by atoms with Crippen molar-refractivity contribution in [2.75, 3.05) is 13.7 Å². The molecule has 164 valence electrons. The van der Waals surface area contributed by atoms with E-state index in [1.165, 1.54) is 4.68 Å². The van der Waals surface area contributed by atoms with Gasteiger partial charge in [0.2, 0.25) is 5.88 Å². The van der Waals surface area contributed by atoms with Crippen molar-refractivity contribution in [3.8, 4) is 17.3 Å². The molecule has 1 fully saturated rings. The Morgan fingerprint density at radius 1 is 1.25 bits per heavy atom. The molecule has 0 atom stereocenters. The van der Waals surface area contributed by atoms with Gasteiger partial charge in [0.05, 0.1) is 24.6 Å². The van der Waals surface area contributed by atoms with Gasteiger partial charge in [0.1, 0.15) is 0 Å². The Labute approximate surface area is 183 Å². The number of aryl methyl sites for hydroxylation is 1. The highest BCUT2D eigenvalue weighted by molar-refractivity contribution is 5.98. The molecule has 0 aliphatic heterocycles. The molecule has 1 aromatic carbocycles. The van der Waals surface area contributed by atoms with E-state index < -0.39 is 0 Å². The lowest BCUT2D eigenvalue weighted by molar-refractivity contribution is 0.0952. The molecule has 1 N–H and O–H groups in total. The van der Waals surface area contributed by atoms with Crippen molar-refractivity contribution < 1.29 is 9.53 Å². The number of rotatable bonds is 7. The van der Waals surface area contributed by atoms with Crippen LogP contribution in [0.4, 0.5) is 0 Å². The van der Waals surface area contributed by atoms with Crippen molar-refractivity contribution in [3.05, 3.63) is 58.8 Å². The van der Waals surface area contributed by atoms with Crippen molar-refractivity contribution in [3.63, 3.8) is 0 Å². The summed E-state index contributed by atoms with van der Waals surface area (Å²) >= 11 is 0. The molecule has 5 rings (SSSR count). The highest BCUT2D eigenvalue weighted by atomic mass is 16.5. The fourth-order valence-corrected chi connectivity index (χ4v) is 3.86. The summed E-state index contributed by atoms with van der Waals surface area (Å²) in [4.78, 5) is 29.7. The van der Waals surface area contributed by atoms with E-state index in [9.17, 15) is 9.59 Å². The van der Waals surface area contributed by atoms with Crippen LogP contribution in [0.25, 0.3) is 22.3 Å². The molecule has 1 saturated carbocycles. The molecular weight excluding hydrogens is 410 g/mol. The Bertz CT molecular complexity index is 1350. The first-order valence-electron chi connectivity index (χ1n) is 10.5. The van der Waals surface area contributed by atoms with Crippen molar-refractivity contribution in [2.24, 2.45) is 7.05 Å². The number of aromatic nitrogens is 6. The van der Waals surface area contributed by atoms with Gasteiger partial charge in [0.15, 0.2) is 5.82 Å². The average molecular weight is 433 g/mol. The van der Waals surface area contributed by atoms with E-state index in [1.54, 1.807) is 47.9 Å². The zero-order valence-electron chi connectivity index (χ0n) is 17.9. The number of amides is 1. The Balaban J connectivity index is 1.31. The number of nitrogens with zero attached hydrogens (tertiary/aromatic N) is 6. The van der Waals surface area contributed by atoms with E-state index in [2.05, 4.69) is 20.5 Å². The van der Waals surface area contributed by atoms with Crippen LogP contribution in [0.1, 0.15) is 29.2 Å². The van der Waals surface area contributed by atoms with Gasteiger partial charge < -0.3 is 10.1 Å². The predicted molar refractivity (Wildman–Crippen MR) is 118 cm³/mol. The van der Waals surface area contributed by atoms with Gasteiger partial charge in [-0.3, -0.25) is 14.3 Å². The summed E-state index contributed by atoms with van der Waals surface area (Å²) in [6.07, 6.45) is 5.33. The molecule has 0 spiro atoms. The van der Waals surface area contributed by atoms with Crippen LogP contribution in [-0.2, 0) is 13.6 Å². The minimum atomic E-state index is -0.237. The van der Waals surface area contributed by atoms with Crippen LogP contribution in [0.15, 0.2) is 47.5 Å². The quantitative estimate of drug-likeness (QED) is 0.476. The summed E-state index contributed by atoms with van der Waals surface area (Å²) in [6.45, 7) is 0.549. The van der Waals surface area contributed by atoms with E-state index in [4.69, 9.17) is 4.74 Å². The van der Waals surface area contributed by atoms with Crippen molar-refractivity contribution in [2.45, 2.75) is 25.4 Å². The van der Waals surface area contributed by atoms with Crippen molar-refractivity contribution >= 4 is 16.8 Å². The van der Waals surface area contributed by atoms with Gasteiger partial charge in [-0.25, -0.2) is 14.2 Å². The Morgan fingerprint density at radius 2 is 2.09 bits per heavy atom. The molecule has 0 radical (unpaired) electrons. The molecule has 1 aliphatic carbocycles. The highest BCUT2D eigenvalue weighted by Crippen LogP contribution is 2.36. The lowest BCUT2D eigenvalue weighted by Gasteiger charge is -2.05. The molecule has 3 aromatic heterocycles. The molecule has 32 heavy (non-hydrogen) atoms. The Hall–Kier alpha value is -3.95. The topological polar surface area (TPSA) is 109 Å². The van der Waals surface area contributed by atoms with E-state index >= 15 is 0 Å². The summed E-state index contributed by atoms with van der Waals surface area (Å²) in [7, 11) is 3.38. The van der Waals surface area contributed by atoms with Gasteiger partial charge in [0.25, 0.3) is 5.91 Å². The number of hydrogen-bond donors (Lipinski definition) is 1. The van der Waals surface area contributed by atoms with Gasteiger partial charge in [-0.1, -0.05) is 0 Å². The second-order valence-corrected chi connectivity index (χ2v) is 7.79. The molecular formula is C22H23N7O3. The maximum Gasteiger partial charge on any atom is 0.346 e. The van der Waals surface area contributed by atoms with Gasteiger partial charge in [0, 0.05) is 43.2 Å². The lowest BCUT2D eigenvalue weighted by atomic mass is 10.1. The summed E-state index contributed by atoms with van der Waals surface area (Å²) in [5, 5.41) is 12.6. The first-order valence-corrected chi connectivity index (χ1v) is 10.5. The number of ether oxygens (including phenoxy) is 1. The maximum atomic E-state index is 12.9. The van der Waals surface area contributed by atoms with Crippen LogP contribution >= 0.6 is 0 Å². The molecule has 1 aliphatic rings. The number of nitrogens with one attached hydrogen (secondary N) is 1. The van der Waals surface area contributed by atoms with Crippen LogP contribution < -0.4 is 15.7 Å². The van der Waals surface area contributed by atoms with Crippen LogP contribution in [0.5, 0.6) is 5.88 Å². The van der Waals surface area contributed by atoms with Crippen LogP contribution in [0, 0.1) is 0 Å². The van der Waals surface area contributed by atoms with Crippen LogP contribution in [0.2, 0.25) is 0 Å². The van der Waals surface area contributed by atoms with Crippen molar-refractivity contribution in [1.82, 2.24) is 34.4 Å². The summed E-state index contributed by atoms with van der Waals surface area (Å²) in [5.41, 5.74) is 1.81. The fraction of sp³-hybridized carbons (Fsp3) is 0.318. The molecule has 4 aromatic rings. The number of fused-ring (bicyclic) bond motifs is 1. The molecule has 10 nitrogen and oxygen atoms in total. The Morgan fingerprint density at radius 3 is 2.81 bits per heavy atom. The minimum absolute atomic E-state index is 0.164. The van der Waals surface area contributed by atoms with Gasteiger partial charge >= 0.3 is 5.69 Å². The third-order valence-corrected chi connectivity index (χ3v) is 5.55. The third-order valence-electron chi connectivity index (χ3n) is 5.55. The number of methoxy groups -OCH3 is 1. The maximum absolute atomic E-state index is 12.9. The van der Waals surface area contributed by atoms with Gasteiger partial charge in [-0.05, 0) is 43.2 Å². The monoisotopic (exact) mass is 433 g/mol. The van der Waals surface area contributed by atoms with Gasteiger partial charge in [-0.2, -0.15) is 5.10 Å². The zero-order chi connectivity index (χ0) is 22.2. The lowest BCUT2D eigenvalue weighted by Crippen LogP contribution is -2.32. The molecule has 3 heterocycles. The standard InChI is InChI=1S/C22H23N7O3/c1-27-21(32-2)17-8-5-14(12-18(17)25-27)20(30)24-10-11-28-22(31)29(16-6-7-16)19(26-28)15-4-3-9-23-13-15/h3-5,8-9,12-13,16H,6-7,10-11H2,1-2H3,(H,24,30). The third kappa shape index (κ3) is 3.53. The van der Waals surface area contributed by atoms with E-state index in [-0.39, 0.29) is 30.7 Å². The number of pyridine rings is 1. The number of carbonyl (C=O) groups is 1. The predicted octanol–water partition coefficient (Wildman–Crippen LogP) is 1.77.